The molecule has 3 rings (SSSR count). The highest BCUT2D eigenvalue weighted by Crippen LogP contribution is 2.29. The van der Waals surface area contributed by atoms with Crippen LogP contribution in [0.15, 0.2) is 41.6 Å². The lowest BCUT2D eigenvalue weighted by Gasteiger charge is -2.19. The number of rotatable bonds is 6. The molecule has 1 aliphatic heterocycles. The summed E-state index contributed by atoms with van der Waals surface area (Å²) >= 11 is 0. The molecule has 0 bridgehead atoms. The molecule has 1 saturated heterocycles. The first-order valence-corrected chi connectivity index (χ1v) is 9.65. The van der Waals surface area contributed by atoms with Gasteiger partial charge < -0.3 is 14.4 Å². The summed E-state index contributed by atoms with van der Waals surface area (Å²) in [6.45, 7) is 0.639. The molecule has 1 aromatic carbocycles. The van der Waals surface area contributed by atoms with Gasteiger partial charge in [0.2, 0.25) is 15.9 Å². The molecule has 0 N–H and O–H groups in total. The minimum Gasteiger partial charge on any atom is -0.495 e. The summed E-state index contributed by atoms with van der Waals surface area (Å²) < 4.78 is 38.3. The lowest BCUT2D eigenvalue weighted by atomic mass is 10.3. The van der Waals surface area contributed by atoms with Gasteiger partial charge in [-0.3, -0.25) is 4.98 Å². The van der Waals surface area contributed by atoms with Gasteiger partial charge in [0.15, 0.2) is 5.82 Å². The summed E-state index contributed by atoms with van der Waals surface area (Å²) in [5.74, 6) is 1.40. The molecule has 0 amide bonds. The van der Waals surface area contributed by atoms with Crippen molar-refractivity contribution in [3.63, 3.8) is 0 Å². The molecule has 9 heteroatoms. The first kappa shape index (κ1) is 18.4. The van der Waals surface area contributed by atoms with Crippen molar-refractivity contribution < 1.29 is 17.9 Å². The van der Waals surface area contributed by atoms with Gasteiger partial charge in [-0.25, -0.2) is 8.42 Å². The van der Waals surface area contributed by atoms with Gasteiger partial charge >= 0.3 is 0 Å². The predicted molar refractivity (Wildman–Crippen MR) is 97.1 cm³/mol. The van der Waals surface area contributed by atoms with E-state index in [9.17, 15) is 8.42 Å². The number of nitrogens with zero attached hydrogens (tertiary/aromatic N) is 4. The predicted octanol–water partition coefficient (Wildman–Crippen LogP) is 1.39. The first-order valence-electron chi connectivity index (χ1n) is 8.21. The van der Waals surface area contributed by atoms with E-state index < -0.39 is 10.0 Å². The van der Waals surface area contributed by atoms with Crippen molar-refractivity contribution >= 4 is 15.8 Å². The Morgan fingerprint density at radius 2 is 2.00 bits per heavy atom. The van der Waals surface area contributed by atoms with Crippen molar-refractivity contribution in [2.45, 2.75) is 17.4 Å². The Hall–Kier alpha value is -2.39. The van der Waals surface area contributed by atoms with Crippen LogP contribution in [0.3, 0.4) is 0 Å². The average molecular weight is 378 g/mol. The molecule has 0 spiro atoms. The fourth-order valence-corrected chi connectivity index (χ4v) is 4.41. The number of anilines is 1. The first-order chi connectivity index (χ1) is 12.4. The number of ether oxygens (including phenoxy) is 2. The molecule has 1 atom stereocenters. The summed E-state index contributed by atoms with van der Waals surface area (Å²) in [5.41, 5.74) is 0. The normalized spacial score (nSPS) is 17.9. The zero-order valence-corrected chi connectivity index (χ0v) is 15.8. The molecule has 0 unspecified atom stereocenters. The Bertz CT molecular complexity index is 873. The van der Waals surface area contributed by atoms with Crippen molar-refractivity contribution in [3.8, 4) is 11.6 Å². The molecule has 1 aromatic heterocycles. The van der Waals surface area contributed by atoms with E-state index in [0.717, 1.165) is 0 Å². The molecule has 1 fully saturated rings. The van der Waals surface area contributed by atoms with Crippen molar-refractivity contribution in [1.29, 1.82) is 0 Å². The second kappa shape index (κ2) is 7.46. The second-order valence-corrected chi connectivity index (χ2v) is 8.06. The third-order valence-electron chi connectivity index (χ3n) is 4.14. The van der Waals surface area contributed by atoms with Gasteiger partial charge in [-0.1, -0.05) is 12.1 Å². The molecule has 8 nitrogen and oxygen atoms in total. The third-order valence-corrected chi connectivity index (χ3v) is 6.04. The van der Waals surface area contributed by atoms with Crippen LogP contribution in [-0.2, 0) is 10.0 Å². The van der Waals surface area contributed by atoms with E-state index in [1.165, 1.54) is 17.6 Å². The molecule has 0 saturated carbocycles. The Balaban J connectivity index is 1.73. The van der Waals surface area contributed by atoms with Crippen LogP contribution >= 0.6 is 0 Å². The van der Waals surface area contributed by atoms with Gasteiger partial charge in [0.25, 0.3) is 0 Å². The van der Waals surface area contributed by atoms with Gasteiger partial charge in [-0.15, -0.1) is 0 Å². The minimum atomic E-state index is -3.64. The third kappa shape index (κ3) is 3.73. The van der Waals surface area contributed by atoms with E-state index in [4.69, 9.17) is 9.47 Å². The molecule has 2 heterocycles. The number of para-hydroxylation sites is 1. The van der Waals surface area contributed by atoms with E-state index in [-0.39, 0.29) is 17.5 Å². The monoisotopic (exact) mass is 378 g/mol. The largest absolute Gasteiger partial charge is 0.495 e. The fraction of sp³-hybridized carbons (Fsp3) is 0.412. The fourth-order valence-electron chi connectivity index (χ4n) is 2.76. The maximum absolute atomic E-state index is 12.9. The van der Waals surface area contributed by atoms with Crippen LogP contribution in [0.4, 0.5) is 5.82 Å². The van der Waals surface area contributed by atoms with Crippen LogP contribution in [-0.4, -0.2) is 63.1 Å². The molecule has 0 aliphatic carbocycles. The van der Waals surface area contributed by atoms with Crippen LogP contribution in [0.2, 0.25) is 0 Å². The second-order valence-electron chi connectivity index (χ2n) is 6.15. The van der Waals surface area contributed by atoms with Gasteiger partial charge in [0, 0.05) is 20.6 Å². The lowest BCUT2D eigenvalue weighted by Crippen LogP contribution is -2.31. The highest BCUT2D eigenvalue weighted by molar-refractivity contribution is 7.89. The maximum Gasteiger partial charge on any atom is 0.246 e. The van der Waals surface area contributed by atoms with Crippen LogP contribution in [0.25, 0.3) is 0 Å². The number of benzene rings is 1. The standard InChI is InChI=1S/C17H22N4O4S/c1-20(2)16-10-18-11-17(19-16)25-13-8-9-21(12-13)26(22,23)15-7-5-4-6-14(15)24-3/h4-7,10-11,13H,8-9,12H2,1-3H3/t13-/m1/s1. The summed E-state index contributed by atoms with van der Waals surface area (Å²) in [5, 5.41) is 0. The highest BCUT2D eigenvalue weighted by atomic mass is 32.2. The summed E-state index contributed by atoms with van der Waals surface area (Å²) in [6, 6.07) is 6.61. The number of hydrogen-bond donors (Lipinski definition) is 0. The Kier molecular flexibility index (Phi) is 5.28. The Morgan fingerprint density at radius 1 is 1.23 bits per heavy atom. The zero-order chi connectivity index (χ0) is 18.7. The molecule has 0 radical (unpaired) electrons. The quantitative estimate of drug-likeness (QED) is 0.751. The maximum atomic E-state index is 12.9. The van der Waals surface area contributed by atoms with Crippen LogP contribution in [0.1, 0.15) is 6.42 Å². The van der Waals surface area contributed by atoms with Crippen molar-refractivity contribution in [2.75, 3.05) is 39.2 Å². The highest BCUT2D eigenvalue weighted by Gasteiger charge is 2.35. The van der Waals surface area contributed by atoms with Crippen LogP contribution in [0.5, 0.6) is 11.6 Å². The average Bonchev–Trinajstić information content (AvgIpc) is 3.11. The number of methoxy groups -OCH3 is 1. The van der Waals surface area contributed by atoms with Gasteiger partial charge in [-0.05, 0) is 18.6 Å². The van der Waals surface area contributed by atoms with E-state index >= 15 is 0 Å². The number of sulfonamides is 1. The van der Waals surface area contributed by atoms with E-state index in [1.54, 1.807) is 30.5 Å². The molecule has 26 heavy (non-hydrogen) atoms. The zero-order valence-electron chi connectivity index (χ0n) is 15.0. The SMILES string of the molecule is COc1ccccc1S(=O)(=O)N1CC[C@@H](Oc2cncc(N(C)C)n2)C1. The minimum absolute atomic E-state index is 0.164. The molecule has 1 aliphatic rings. The molecule has 140 valence electrons. The van der Waals surface area contributed by atoms with Crippen LogP contribution < -0.4 is 14.4 Å². The van der Waals surface area contributed by atoms with Gasteiger partial charge in [0.05, 0.1) is 26.0 Å². The van der Waals surface area contributed by atoms with Crippen molar-refractivity contribution in [1.82, 2.24) is 14.3 Å². The van der Waals surface area contributed by atoms with E-state index in [2.05, 4.69) is 9.97 Å². The summed E-state index contributed by atoms with van der Waals surface area (Å²) in [4.78, 5) is 10.5. The van der Waals surface area contributed by atoms with E-state index in [0.29, 0.717) is 30.4 Å². The smallest absolute Gasteiger partial charge is 0.246 e. The van der Waals surface area contributed by atoms with E-state index in [1.807, 2.05) is 19.0 Å². The number of aromatic nitrogens is 2. The molecular formula is C17H22N4O4S. The van der Waals surface area contributed by atoms with Gasteiger partial charge in [-0.2, -0.15) is 9.29 Å². The summed E-state index contributed by atoms with van der Waals surface area (Å²) in [7, 11) is 1.55. The molecule has 2 aromatic rings. The van der Waals surface area contributed by atoms with Crippen molar-refractivity contribution in [2.24, 2.45) is 0 Å². The summed E-state index contributed by atoms with van der Waals surface area (Å²) in [6.07, 6.45) is 3.48. The Morgan fingerprint density at radius 3 is 2.73 bits per heavy atom. The topological polar surface area (TPSA) is 84.9 Å². The van der Waals surface area contributed by atoms with Gasteiger partial charge in [0.1, 0.15) is 16.7 Å². The Labute approximate surface area is 153 Å². The van der Waals surface area contributed by atoms with Crippen LogP contribution in [0, 0.1) is 0 Å². The van der Waals surface area contributed by atoms with Crippen molar-refractivity contribution in [3.05, 3.63) is 36.7 Å². The lowest BCUT2D eigenvalue weighted by molar-refractivity contribution is 0.206. The molecular weight excluding hydrogens is 356 g/mol. The number of hydrogen-bond acceptors (Lipinski definition) is 7.